The van der Waals surface area contributed by atoms with Gasteiger partial charge < -0.3 is 10.6 Å². The van der Waals surface area contributed by atoms with Crippen LogP contribution in [0.3, 0.4) is 0 Å². The van der Waals surface area contributed by atoms with Gasteiger partial charge in [0.2, 0.25) is 0 Å². The Morgan fingerprint density at radius 1 is 1.19 bits per heavy atom. The van der Waals surface area contributed by atoms with Crippen LogP contribution < -0.4 is 15.5 Å². The van der Waals surface area contributed by atoms with Crippen LogP contribution in [0.25, 0.3) is 0 Å². The van der Waals surface area contributed by atoms with E-state index in [1.807, 2.05) is 24.3 Å². The molecule has 0 bridgehead atoms. The van der Waals surface area contributed by atoms with E-state index in [0.717, 1.165) is 17.7 Å². The average Bonchev–Trinajstić information content (AvgIpc) is 3.31. The van der Waals surface area contributed by atoms with Gasteiger partial charge in [-0.1, -0.05) is 45.7 Å². The first kappa shape index (κ1) is 20.0. The third kappa shape index (κ3) is 3.47. The van der Waals surface area contributed by atoms with Crippen LogP contribution in [0.2, 0.25) is 5.02 Å². The molecule has 0 aromatic heterocycles. The number of carbonyl (C=O) groups excluding carboxylic acids is 2. The highest BCUT2D eigenvalue weighted by atomic mass is 79.9. The molecule has 0 radical (unpaired) electrons. The number of fused-ring (bicyclic) bond motifs is 2. The Balaban J connectivity index is 1.55. The summed E-state index contributed by atoms with van der Waals surface area (Å²) in [5, 5.41) is 6.13. The summed E-state index contributed by atoms with van der Waals surface area (Å²) in [5.74, 6) is -0.776. The first-order valence-corrected chi connectivity index (χ1v) is 10.8. The second-order valence-electron chi connectivity index (χ2n) is 7.45. The lowest BCUT2D eigenvalue weighted by Crippen LogP contribution is -2.33. The topological polar surface area (TPSA) is 61.4 Å². The molecule has 2 heterocycles. The second kappa shape index (κ2) is 7.66. The van der Waals surface area contributed by atoms with Crippen LogP contribution in [0.4, 0.5) is 20.6 Å². The number of para-hydroxylation sites is 1. The van der Waals surface area contributed by atoms with Crippen LogP contribution >= 0.6 is 27.5 Å². The Morgan fingerprint density at radius 2 is 2.00 bits per heavy atom. The van der Waals surface area contributed by atoms with E-state index in [-0.39, 0.29) is 11.9 Å². The normalized spacial score (nSPS) is 16.7. The van der Waals surface area contributed by atoms with E-state index in [1.165, 1.54) is 18.2 Å². The van der Waals surface area contributed by atoms with Crippen molar-refractivity contribution in [1.29, 1.82) is 0 Å². The molecule has 8 heteroatoms. The molecule has 0 fully saturated rings. The number of carbonyl (C=O) groups is 2. The van der Waals surface area contributed by atoms with Crippen molar-refractivity contribution in [1.82, 2.24) is 5.32 Å². The molecule has 5 nitrogen and oxygen atoms in total. The second-order valence-corrected chi connectivity index (χ2v) is 8.77. The van der Waals surface area contributed by atoms with E-state index in [9.17, 15) is 14.0 Å². The first-order chi connectivity index (χ1) is 14.9. The Morgan fingerprint density at radius 3 is 2.84 bits per heavy atom. The van der Waals surface area contributed by atoms with Gasteiger partial charge in [0, 0.05) is 44.1 Å². The molecule has 2 N–H and O–H groups in total. The van der Waals surface area contributed by atoms with Gasteiger partial charge >= 0.3 is 6.03 Å². The Hall–Kier alpha value is -2.90. The molecule has 3 amide bonds. The van der Waals surface area contributed by atoms with Crippen molar-refractivity contribution in [3.05, 3.63) is 92.2 Å². The molecule has 5 rings (SSSR count). The summed E-state index contributed by atoms with van der Waals surface area (Å²) < 4.78 is 14.6. The molecule has 2 aliphatic rings. The minimum atomic E-state index is -0.681. The molecule has 0 saturated heterocycles. The lowest BCUT2D eigenvalue weighted by Gasteiger charge is -2.21. The number of hydrogen-bond donors (Lipinski definition) is 2. The first-order valence-electron chi connectivity index (χ1n) is 9.68. The van der Waals surface area contributed by atoms with Crippen molar-refractivity contribution in [3.8, 4) is 0 Å². The number of hydrogen-bond acceptors (Lipinski definition) is 2. The monoisotopic (exact) mass is 499 g/mol. The van der Waals surface area contributed by atoms with E-state index >= 15 is 0 Å². The standard InChI is InChI=1S/C23H16BrClFN3O2/c24-13-9-16-20(21(28-22(16)30)15-11-14(26)5-6-17(15)25)18(10-13)27-23(31)29-8-7-12-3-1-2-4-19(12)29/h1-6,9-11,21H,7-8H2,(H,27,31)(H,28,30). The number of anilines is 2. The maximum atomic E-state index is 13.9. The quantitative estimate of drug-likeness (QED) is 0.476. The third-order valence-electron chi connectivity index (χ3n) is 5.60. The number of nitrogens with zero attached hydrogens (tertiary/aromatic N) is 1. The van der Waals surface area contributed by atoms with Crippen molar-refractivity contribution in [3.63, 3.8) is 0 Å². The summed E-state index contributed by atoms with van der Waals surface area (Å²) in [5.41, 5.74) is 3.82. The summed E-state index contributed by atoms with van der Waals surface area (Å²) in [4.78, 5) is 27.5. The van der Waals surface area contributed by atoms with Crippen molar-refractivity contribution < 1.29 is 14.0 Å². The maximum absolute atomic E-state index is 13.9. The van der Waals surface area contributed by atoms with Crippen molar-refractivity contribution in [2.75, 3.05) is 16.8 Å². The molecule has 2 aliphatic heterocycles. The number of benzene rings is 3. The summed E-state index contributed by atoms with van der Waals surface area (Å²) >= 11 is 9.73. The van der Waals surface area contributed by atoms with Crippen molar-refractivity contribution in [2.45, 2.75) is 12.5 Å². The van der Waals surface area contributed by atoms with Gasteiger partial charge in [0.25, 0.3) is 5.91 Å². The van der Waals surface area contributed by atoms with Crippen LogP contribution in [0.15, 0.2) is 59.1 Å². The molecule has 0 aliphatic carbocycles. The van der Waals surface area contributed by atoms with Crippen molar-refractivity contribution >= 4 is 50.8 Å². The Kier molecular flexibility index (Phi) is 4.95. The molecule has 3 aromatic carbocycles. The zero-order valence-electron chi connectivity index (χ0n) is 16.1. The lowest BCUT2D eigenvalue weighted by atomic mass is 9.96. The molecule has 1 atom stereocenters. The zero-order chi connectivity index (χ0) is 21.7. The molecule has 31 heavy (non-hydrogen) atoms. The predicted molar refractivity (Wildman–Crippen MR) is 121 cm³/mol. The van der Waals surface area contributed by atoms with Crippen LogP contribution in [-0.2, 0) is 6.42 Å². The zero-order valence-corrected chi connectivity index (χ0v) is 18.4. The molecule has 0 spiro atoms. The van der Waals surface area contributed by atoms with Gasteiger partial charge in [-0.05, 0) is 48.4 Å². The van der Waals surface area contributed by atoms with Crippen LogP contribution in [0.1, 0.15) is 33.1 Å². The summed E-state index contributed by atoms with van der Waals surface area (Å²) in [7, 11) is 0. The fraction of sp³-hybridized carbons (Fsp3) is 0.130. The van der Waals surface area contributed by atoms with Crippen LogP contribution in [0.5, 0.6) is 0 Å². The van der Waals surface area contributed by atoms with E-state index in [0.29, 0.717) is 38.4 Å². The number of urea groups is 1. The molecule has 3 aromatic rings. The molecular formula is C23H16BrClFN3O2. The summed E-state index contributed by atoms with van der Waals surface area (Å²) in [6.45, 7) is 0.567. The Bertz CT molecular complexity index is 1250. The number of nitrogens with one attached hydrogen (secondary N) is 2. The summed E-state index contributed by atoms with van der Waals surface area (Å²) in [6, 6.07) is 14.2. The van der Waals surface area contributed by atoms with E-state index in [1.54, 1.807) is 17.0 Å². The molecule has 1 unspecified atom stereocenters. The predicted octanol–water partition coefficient (Wildman–Crippen LogP) is 5.67. The van der Waals surface area contributed by atoms with Gasteiger partial charge in [-0.3, -0.25) is 9.69 Å². The fourth-order valence-corrected chi connectivity index (χ4v) is 4.89. The SMILES string of the molecule is O=C1NC(c2cc(F)ccc2Cl)c2c(NC(=O)N3CCc4ccccc43)cc(Br)cc21. The molecular weight excluding hydrogens is 485 g/mol. The molecule has 0 saturated carbocycles. The van der Waals surface area contributed by atoms with Crippen molar-refractivity contribution in [2.24, 2.45) is 0 Å². The minimum Gasteiger partial charge on any atom is -0.341 e. The minimum absolute atomic E-state index is 0.298. The fourth-order valence-electron chi connectivity index (χ4n) is 4.20. The number of rotatable bonds is 2. The highest BCUT2D eigenvalue weighted by Gasteiger charge is 2.35. The Labute approximate surface area is 191 Å². The average molecular weight is 501 g/mol. The van der Waals surface area contributed by atoms with Gasteiger partial charge in [0.15, 0.2) is 0 Å². The third-order valence-corrected chi connectivity index (χ3v) is 6.40. The van der Waals surface area contributed by atoms with Gasteiger partial charge in [-0.15, -0.1) is 0 Å². The molecule has 156 valence electrons. The summed E-state index contributed by atoms with van der Waals surface area (Å²) in [6.07, 6.45) is 0.780. The largest absolute Gasteiger partial charge is 0.341 e. The van der Waals surface area contributed by atoms with Crippen LogP contribution in [0, 0.1) is 5.82 Å². The van der Waals surface area contributed by atoms with E-state index < -0.39 is 11.9 Å². The van der Waals surface area contributed by atoms with Gasteiger partial charge in [0.1, 0.15) is 5.82 Å². The highest BCUT2D eigenvalue weighted by molar-refractivity contribution is 9.10. The highest BCUT2D eigenvalue weighted by Crippen LogP contribution is 2.41. The van der Waals surface area contributed by atoms with Gasteiger partial charge in [-0.25, -0.2) is 9.18 Å². The van der Waals surface area contributed by atoms with Crippen LogP contribution in [-0.4, -0.2) is 18.5 Å². The smallest absolute Gasteiger partial charge is 0.326 e. The maximum Gasteiger partial charge on any atom is 0.326 e. The van der Waals surface area contributed by atoms with E-state index in [2.05, 4.69) is 26.6 Å². The lowest BCUT2D eigenvalue weighted by molar-refractivity contribution is 0.0960. The van der Waals surface area contributed by atoms with Gasteiger partial charge in [0.05, 0.1) is 6.04 Å². The van der Waals surface area contributed by atoms with Gasteiger partial charge in [-0.2, -0.15) is 0 Å². The van der Waals surface area contributed by atoms with E-state index in [4.69, 9.17) is 11.6 Å². The number of halogens is 3. The number of amides is 3.